The molecule has 1 atom stereocenters. The maximum Gasteiger partial charge on any atom is 0.251 e. The van der Waals surface area contributed by atoms with Gasteiger partial charge in [0, 0.05) is 34.3 Å². The monoisotopic (exact) mass is 441 g/mol. The number of carbonyl (C=O) groups is 1. The topological polar surface area (TPSA) is 38.8 Å². The molecule has 0 aliphatic carbocycles. The zero-order chi connectivity index (χ0) is 23.6. The number of nitrogens with zero attached hydrogens (tertiary/aromatic N) is 1. The SMILES string of the molecule is COc1ccc(/C=C/C(=O)N2c3ccccc3[C@](C)(c3ccccc3)CC2(C)C)c(OC)c1. The van der Waals surface area contributed by atoms with Crippen molar-refractivity contribution in [2.75, 3.05) is 19.1 Å². The molecular weight excluding hydrogens is 410 g/mol. The lowest BCUT2D eigenvalue weighted by atomic mass is 9.65. The first-order valence-electron chi connectivity index (χ1n) is 11.2. The number of amides is 1. The molecule has 33 heavy (non-hydrogen) atoms. The quantitative estimate of drug-likeness (QED) is 0.440. The van der Waals surface area contributed by atoms with Crippen molar-refractivity contribution in [2.24, 2.45) is 0 Å². The van der Waals surface area contributed by atoms with Gasteiger partial charge >= 0.3 is 0 Å². The van der Waals surface area contributed by atoms with Crippen LogP contribution < -0.4 is 14.4 Å². The van der Waals surface area contributed by atoms with Crippen LogP contribution in [-0.4, -0.2) is 25.7 Å². The summed E-state index contributed by atoms with van der Waals surface area (Å²) in [7, 11) is 3.23. The molecule has 0 fully saturated rings. The van der Waals surface area contributed by atoms with Crippen molar-refractivity contribution in [2.45, 2.75) is 38.1 Å². The van der Waals surface area contributed by atoms with Gasteiger partial charge in [-0.2, -0.15) is 0 Å². The van der Waals surface area contributed by atoms with Crippen LogP contribution in [0.25, 0.3) is 6.08 Å². The van der Waals surface area contributed by atoms with Crippen LogP contribution in [-0.2, 0) is 10.2 Å². The van der Waals surface area contributed by atoms with Crippen molar-refractivity contribution in [1.82, 2.24) is 0 Å². The number of benzene rings is 3. The number of hydrogen-bond donors (Lipinski definition) is 0. The van der Waals surface area contributed by atoms with Gasteiger partial charge in [0.15, 0.2) is 0 Å². The van der Waals surface area contributed by atoms with Crippen molar-refractivity contribution in [1.29, 1.82) is 0 Å². The molecule has 0 saturated heterocycles. The highest BCUT2D eigenvalue weighted by atomic mass is 16.5. The van der Waals surface area contributed by atoms with E-state index in [0.717, 1.165) is 17.7 Å². The van der Waals surface area contributed by atoms with Gasteiger partial charge in [-0.25, -0.2) is 0 Å². The summed E-state index contributed by atoms with van der Waals surface area (Å²) in [4.78, 5) is 15.5. The maximum atomic E-state index is 13.6. The number of ether oxygens (including phenoxy) is 2. The largest absolute Gasteiger partial charge is 0.497 e. The van der Waals surface area contributed by atoms with Crippen LogP contribution in [0, 0.1) is 0 Å². The molecule has 0 aromatic heterocycles. The predicted octanol–water partition coefficient (Wildman–Crippen LogP) is 6.24. The van der Waals surface area contributed by atoms with Crippen molar-refractivity contribution in [3.8, 4) is 11.5 Å². The third kappa shape index (κ3) is 4.13. The fourth-order valence-corrected chi connectivity index (χ4v) is 5.17. The Balaban J connectivity index is 1.74. The summed E-state index contributed by atoms with van der Waals surface area (Å²) in [5.41, 5.74) is 3.63. The van der Waals surface area contributed by atoms with Crippen molar-refractivity contribution in [3.05, 3.63) is 95.6 Å². The molecule has 1 aliphatic rings. The molecule has 4 rings (SSSR count). The lowest BCUT2D eigenvalue weighted by Gasteiger charge is -2.51. The average molecular weight is 442 g/mol. The number of methoxy groups -OCH3 is 2. The van der Waals surface area contributed by atoms with Gasteiger partial charge in [0.25, 0.3) is 5.91 Å². The molecule has 0 spiro atoms. The molecule has 0 unspecified atom stereocenters. The van der Waals surface area contributed by atoms with E-state index in [1.54, 1.807) is 20.3 Å². The first-order chi connectivity index (χ1) is 15.8. The fourth-order valence-electron chi connectivity index (χ4n) is 5.17. The first kappa shape index (κ1) is 22.7. The van der Waals surface area contributed by atoms with Crippen LogP contribution in [0.4, 0.5) is 5.69 Å². The Morgan fingerprint density at radius 3 is 2.30 bits per heavy atom. The summed E-state index contributed by atoms with van der Waals surface area (Å²) in [5.74, 6) is 1.32. The molecule has 3 aromatic carbocycles. The van der Waals surface area contributed by atoms with E-state index < -0.39 is 0 Å². The van der Waals surface area contributed by atoms with E-state index >= 15 is 0 Å². The van der Waals surface area contributed by atoms with E-state index in [2.05, 4.69) is 63.2 Å². The molecule has 4 heteroatoms. The summed E-state index contributed by atoms with van der Waals surface area (Å²) in [6, 6.07) is 24.4. The van der Waals surface area contributed by atoms with Crippen LogP contribution >= 0.6 is 0 Å². The van der Waals surface area contributed by atoms with E-state index in [0.29, 0.717) is 11.5 Å². The maximum absolute atomic E-state index is 13.6. The standard InChI is InChI=1S/C29H31NO3/c1-28(2)20-29(3,22-11-7-6-8-12-22)24-13-9-10-14-25(24)30(28)27(31)18-16-21-15-17-23(32-4)19-26(21)33-5/h6-19H,20H2,1-5H3/b18-16+/t29-/m0/s1. The van der Waals surface area contributed by atoms with Gasteiger partial charge < -0.3 is 14.4 Å². The Hall–Kier alpha value is -3.53. The van der Waals surface area contributed by atoms with Crippen LogP contribution in [0.2, 0.25) is 0 Å². The second-order valence-corrected chi connectivity index (χ2v) is 9.32. The Bertz CT molecular complexity index is 1180. The van der Waals surface area contributed by atoms with Crippen LogP contribution in [0.15, 0.2) is 78.9 Å². The number of anilines is 1. The van der Waals surface area contributed by atoms with E-state index in [9.17, 15) is 4.79 Å². The molecule has 0 bridgehead atoms. The molecule has 0 N–H and O–H groups in total. The number of hydrogen-bond acceptors (Lipinski definition) is 3. The Morgan fingerprint density at radius 2 is 1.61 bits per heavy atom. The van der Waals surface area contributed by atoms with E-state index in [-0.39, 0.29) is 16.9 Å². The Labute approximate surface area is 196 Å². The minimum absolute atomic E-state index is 0.0552. The molecule has 170 valence electrons. The van der Waals surface area contributed by atoms with Crippen LogP contribution in [0.5, 0.6) is 11.5 Å². The van der Waals surface area contributed by atoms with Crippen molar-refractivity contribution < 1.29 is 14.3 Å². The third-order valence-corrected chi connectivity index (χ3v) is 6.61. The fraction of sp³-hybridized carbons (Fsp3) is 0.276. The minimum Gasteiger partial charge on any atom is -0.497 e. The normalized spacial score (nSPS) is 19.2. The third-order valence-electron chi connectivity index (χ3n) is 6.61. The molecule has 0 saturated carbocycles. The molecule has 1 amide bonds. The molecule has 4 nitrogen and oxygen atoms in total. The smallest absolute Gasteiger partial charge is 0.251 e. The van der Waals surface area contributed by atoms with Gasteiger partial charge in [0.05, 0.1) is 14.2 Å². The second kappa shape index (κ2) is 8.78. The van der Waals surface area contributed by atoms with Gasteiger partial charge in [-0.1, -0.05) is 55.5 Å². The van der Waals surface area contributed by atoms with Gasteiger partial charge in [0.2, 0.25) is 0 Å². The predicted molar refractivity (Wildman–Crippen MR) is 134 cm³/mol. The highest BCUT2D eigenvalue weighted by Gasteiger charge is 2.47. The lowest BCUT2D eigenvalue weighted by molar-refractivity contribution is -0.115. The number of carbonyl (C=O) groups excluding carboxylic acids is 1. The summed E-state index contributed by atoms with van der Waals surface area (Å²) in [6.07, 6.45) is 4.25. The van der Waals surface area contributed by atoms with E-state index in [1.807, 2.05) is 41.3 Å². The zero-order valence-corrected chi connectivity index (χ0v) is 20.0. The minimum atomic E-state index is -0.385. The number of para-hydroxylation sites is 1. The Kier molecular flexibility index (Phi) is 6.03. The van der Waals surface area contributed by atoms with Gasteiger partial charge in [-0.05, 0) is 55.7 Å². The van der Waals surface area contributed by atoms with E-state index in [1.165, 1.54) is 11.1 Å². The van der Waals surface area contributed by atoms with Crippen molar-refractivity contribution >= 4 is 17.7 Å². The molecule has 1 heterocycles. The van der Waals surface area contributed by atoms with Crippen LogP contribution in [0.1, 0.15) is 43.9 Å². The highest BCUT2D eigenvalue weighted by molar-refractivity contribution is 6.06. The van der Waals surface area contributed by atoms with Crippen LogP contribution in [0.3, 0.4) is 0 Å². The summed E-state index contributed by atoms with van der Waals surface area (Å²) in [5, 5.41) is 0. The first-order valence-corrected chi connectivity index (χ1v) is 11.2. The average Bonchev–Trinajstić information content (AvgIpc) is 2.82. The summed E-state index contributed by atoms with van der Waals surface area (Å²) >= 11 is 0. The van der Waals surface area contributed by atoms with E-state index in [4.69, 9.17) is 9.47 Å². The lowest BCUT2D eigenvalue weighted by Crippen LogP contribution is -2.55. The van der Waals surface area contributed by atoms with Gasteiger partial charge in [-0.3, -0.25) is 4.79 Å². The molecule has 1 aliphatic heterocycles. The summed E-state index contributed by atoms with van der Waals surface area (Å²) < 4.78 is 10.8. The van der Waals surface area contributed by atoms with Gasteiger partial charge in [0.1, 0.15) is 11.5 Å². The van der Waals surface area contributed by atoms with Gasteiger partial charge in [-0.15, -0.1) is 0 Å². The number of rotatable bonds is 5. The highest BCUT2D eigenvalue weighted by Crippen LogP contribution is 2.50. The Morgan fingerprint density at radius 1 is 0.909 bits per heavy atom. The molecule has 0 radical (unpaired) electrons. The molecule has 3 aromatic rings. The number of fused-ring (bicyclic) bond motifs is 1. The summed E-state index contributed by atoms with van der Waals surface area (Å²) in [6.45, 7) is 6.57. The second-order valence-electron chi connectivity index (χ2n) is 9.32. The molecular formula is C29H31NO3. The zero-order valence-electron chi connectivity index (χ0n) is 20.0. The van der Waals surface area contributed by atoms with Crippen molar-refractivity contribution in [3.63, 3.8) is 0 Å².